The van der Waals surface area contributed by atoms with Crippen LogP contribution in [0.5, 0.6) is 5.75 Å². The average molecular weight is 265 g/mol. The van der Waals surface area contributed by atoms with Gasteiger partial charge in [-0.3, -0.25) is 4.90 Å². The zero-order valence-corrected chi connectivity index (χ0v) is 11.8. The van der Waals surface area contributed by atoms with Crippen LogP contribution in [-0.4, -0.2) is 42.9 Å². The zero-order valence-electron chi connectivity index (χ0n) is 11.8. The molecule has 0 aliphatic carbocycles. The van der Waals surface area contributed by atoms with Crippen molar-refractivity contribution < 1.29 is 14.6 Å². The first kappa shape index (κ1) is 14.3. The molecule has 0 saturated carbocycles. The Morgan fingerprint density at radius 3 is 3.00 bits per heavy atom. The van der Waals surface area contributed by atoms with Crippen LogP contribution in [-0.2, 0) is 17.9 Å². The van der Waals surface area contributed by atoms with Crippen molar-refractivity contribution in [3.63, 3.8) is 0 Å². The van der Waals surface area contributed by atoms with Crippen LogP contribution in [0.15, 0.2) is 18.2 Å². The molecule has 1 heterocycles. The van der Waals surface area contributed by atoms with E-state index < -0.39 is 0 Å². The van der Waals surface area contributed by atoms with Crippen LogP contribution in [0.1, 0.15) is 24.5 Å². The van der Waals surface area contributed by atoms with E-state index in [4.69, 9.17) is 9.47 Å². The molecular weight excluding hydrogens is 242 g/mol. The molecule has 2 rings (SSSR count). The Morgan fingerprint density at radius 1 is 1.47 bits per heavy atom. The van der Waals surface area contributed by atoms with Crippen molar-refractivity contribution >= 4 is 0 Å². The second kappa shape index (κ2) is 6.89. The van der Waals surface area contributed by atoms with Gasteiger partial charge in [0, 0.05) is 25.2 Å². The number of methoxy groups -OCH3 is 1. The normalized spacial score (nSPS) is 20.5. The molecule has 1 unspecified atom stereocenters. The number of morpholine rings is 1. The van der Waals surface area contributed by atoms with Crippen molar-refractivity contribution in [3.8, 4) is 5.75 Å². The molecule has 1 aromatic carbocycles. The Labute approximate surface area is 114 Å². The van der Waals surface area contributed by atoms with Crippen molar-refractivity contribution in [1.82, 2.24) is 4.90 Å². The molecule has 1 aromatic rings. The lowest BCUT2D eigenvalue weighted by Crippen LogP contribution is -2.41. The van der Waals surface area contributed by atoms with Gasteiger partial charge >= 0.3 is 0 Å². The van der Waals surface area contributed by atoms with Gasteiger partial charge in [-0.2, -0.15) is 0 Å². The van der Waals surface area contributed by atoms with Gasteiger partial charge in [0.05, 0.1) is 26.4 Å². The Hall–Kier alpha value is -1.10. The minimum absolute atomic E-state index is 0.0672. The summed E-state index contributed by atoms with van der Waals surface area (Å²) >= 11 is 0. The lowest BCUT2D eigenvalue weighted by atomic mass is 10.1. The quantitative estimate of drug-likeness (QED) is 0.881. The molecule has 4 nitrogen and oxygen atoms in total. The molecule has 1 fully saturated rings. The number of ether oxygens (including phenoxy) is 2. The number of aliphatic hydroxyl groups is 1. The van der Waals surface area contributed by atoms with E-state index in [2.05, 4.69) is 11.8 Å². The molecule has 0 aromatic heterocycles. The van der Waals surface area contributed by atoms with Gasteiger partial charge in [-0.25, -0.2) is 0 Å². The van der Waals surface area contributed by atoms with E-state index in [-0.39, 0.29) is 6.61 Å². The maximum absolute atomic E-state index is 9.24. The number of aliphatic hydroxyl groups excluding tert-OH is 1. The van der Waals surface area contributed by atoms with E-state index in [1.165, 1.54) is 0 Å². The summed E-state index contributed by atoms with van der Waals surface area (Å²) in [6, 6.07) is 5.85. The van der Waals surface area contributed by atoms with Gasteiger partial charge in [0.2, 0.25) is 0 Å². The molecular formula is C15H23NO3. The van der Waals surface area contributed by atoms with Gasteiger partial charge < -0.3 is 14.6 Å². The molecule has 1 aliphatic rings. The molecule has 1 atom stereocenters. The summed E-state index contributed by atoms with van der Waals surface area (Å²) in [4.78, 5) is 2.39. The lowest BCUT2D eigenvalue weighted by Gasteiger charge is -2.32. The second-order valence-electron chi connectivity index (χ2n) is 4.94. The van der Waals surface area contributed by atoms with Crippen LogP contribution < -0.4 is 4.74 Å². The SMILES string of the molecule is CCC1CN(Cc2cc(CO)ccc2OC)CCO1. The van der Waals surface area contributed by atoms with E-state index in [0.717, 1.165) is 49.5 Å². The van der Waals surface area contributed by atoms with Crippen LogP contribution >= 0.6 is 0 Å². The maximum Gasteiger partial charge on any atom is 0.123 e. The highest BCUT2D eigenvalue weighted by Crippen LogP contribution is 2.23. The van der Waals surface area contributed by atoms with E-state index in [1.54, 1.807) is 7.11 Å². The zero-order chi connectivity index (χ0) is 13.7. The van der Waals surface area contributed by atoms with E-state index >= 15 is 0 Å². The Morgan fingerprint density at radius 2 is 2.32 bits per heavy atom. The molecule has 19 heavy (non-hydrogen) atoms. The molecule has 0 spiro atoms. The Balaban J connectivity index is 2.08. The lowest BCUT2D eigenvalue weighted by molar-refractivity contribution is -0.0326. The molecule has 4 heteroatoms. The van der Waals surface area contributed by atoms with Crippen LogP contribution in [0.2, 0.25) is 0 Å². The summed E-state index contributed by atoms with van der Waals surface area (Å²) < 4.78 is 11.1. The molecule has 0 radical (unpaired) electrons. The highest BCUT2D eigenvalue weighted by atomic mass is 16.5. The van der Waals surface area contributed by atoms with Crippen molar-refractivity contribution in [2.45, 2.75) is 32.6 Å². The minimum Gasteiger partial charge on any atom is -0.496 e. The predicted octanol–water partition coefficient (Wildman–Crippen LogP) is 1.80. The van der Waals surface area contributed by atoms with Crippen LogP contribution in [0.4, 0.5) is 0 Å². The third-order valence-corrected chi connectivity index (χ3v) is 3.60. The number of rotatable bonds is 5. The maximum atomic E-state index is 9.24. The summed E-state index contributed by atoms with van der Waals surface area (Å²) in [5.74, 6) is 0.886. The predicted molar refractivity (Wildman–Crippen MR) is 74.2 cm³/mol. The summed E-state index contributed by atoms with van der Waals surface area (Å²) in [5, 5.41) is 9.24. The Bertz CT molecular complexity index is 408. The Kier molecular flexibility index (Phi) is 5.19. The monoisotopic (exact) mass is 265 g/mol. The van der Waals surface area contributed by atoms with Gasteiger partial charge in [-0.1, -0.05) is 13.0 Å². The van der Waals surface area contributed by atoms with Crippen LogP contribution in [0.3, 0.4) is 0 Å². The van der Waals surface area contributed by atoms with E-state index in [1.807, 2.05) is 18.2 Å². The number of nitrogens with zero attached hydrogens (tertiary/aromatic N) is 1. The number of benzene rings is 1. The second-order valence-corrected chi connectivity index (χ2v) is 4.94. The average Bonchev–Trinajstić information content (AvgIpc) is 2.47. The fourth-order valence-corrected chi connectivity index (χ4v) is 2.47. The summed E-state index contributed by atoms with van der Waals surface area (Å²) in [5.41, 5.74) is 2.06. The fraction of sp³-hybridized carbons (Fsp3) is 0.600. The van der Waals surface area contributed by atoms with Gasteiger partial charge in [-0.05, 0) is 24.1 Å². The third kappa shape index (κ3) is 3.69. The fourth-order valence-electron chi connectivity index (χ4n) is 2.47. The number of hydrogen-bond acceptors (Lipinski definition) is 4. The standard InChI is InChI=1S/C15H23NO3/c1-3-14-10-16(6-7-19-14)9-13-8-12(11-17)4-5-15(13)18-2/h4-5,8,14,17H,3,6-7,9-11H2,1-2H3. The molecule has 1 aliphatic heterocycles. The van der Waals surface area contributed by atoms with Crippen molar-refractivity contribution in [3.05, 3.63) is 29.3 Å². The molecule has 106 valence electrons. The minimum atomic E-state index is 0.0672. The summed E-state index contributed by atoms with van der Waals surface area (Å²) in [6.45, 7) is 5.77. The third-order valence-electron chi connectivity index (χ3n) is 3.60. The van der Waals surface area contributed by atoms with Crippen molar-refractivity contribution in [2.75, 3.05) is 26.8 Å². The molecule has 0 bridgehead atoms. The summed E-state index contributed by atoms with van der Waals surface area (Å²) in [7, 11) is 1.69. The largest absolute Gasteiger partial charge is 0.496 e. The van der Waals surface area contributed by atoms with Gasteiger partial charge in [0.15, 0.2) is 0 Å². The van der Waals surface area contributed by atoms with Crippen molar-refractivity contribution in [1.29, 1.82) is 0 Å². The first-order valence-electron chi connectivity index (χ1n) is 6.87. The van der Waals surface area contributed by atoms with Crippen molar-refractivity contribution in [2.24, 2.45) is 0 Å². The van der Waals surface area contributed by atoms with Crippen LogP contribution in [0, 0.1) is 0 Å². The topological polar surface area (TPSA) is 41.9 Å². The van der Waals surface area contributed by atoms with Gasteiger partial charge in [-0.15, -0.1) is 0 Å². The highest BCUT2D eigenvalue weighted by Gasteiger charge is 2.20. The smallest absolute Gasteiger partial charge is 0.123 e. The summed E-state index contributed by atoms with van der Waals surface area (Å²) in [6.07, 6.45) is 1.38. The number of hydrogen-bond donors (Lipinski definition) is 1. The van der Waals surface area contributed by atoms with E-state index in [0.29, 0.717) is 6.10 Å². The highest BCUT2D eigenvalue weighted by molar-refractivity contribution is 5.37. The molecule has 1 N–H and O–H groups in total. The first-order valence-corrected chi connectivity index (χ1v) is 6.87. The van der Waals surface area contributed by atoms with E-state index in [9.17, 15) is 5.11 Å². The molecule has 0 amide bonds. The van der Waals surface area contributed by atoms with Crippen LogP contribution in [0.25, 0.3) is 0 Å². The van der Waals surface area contributed by atoms with Gasteiger partial charge in [0.25, 0.3) is 0 Å². The first-order chi connectivity index (χ1) is 9.26. The molecule has 1 saturated heterocycles. The van der Waals surface area contributed by atoms with Gasteiger partial charge in [0.1, 0.15) is 5.75 Å².